The Morgan fingerprint density at radius 3 is 2.43 bits per heavy atom. The van der Waals surface area contributed by atoms with Gasteiger partial charge in [0.25, 0.3) is 0 Å². The van der Waals surface area contributed by atoms with E-state index in [0.29, 0.717) is 0 Å². The first kappa shape index (κ1) is 22.9. The molecule has 2 saturated heterocycles. The van der Waals surface area contributed by atoms with Gasteiger partial charge in [-0.15, -0.1) is 24.0 Å². The number of rotatable bonds is 4. The average molecular weight is 541 g/mol. The van der Waals surface area contributed by atoms with E-state index >= 15 is 0 Å². The van der Waals surface area contributed by atoms with Crippen molar-refractivity contribution in [2.75, 3.05) is 56.1 Å². The summed E-state index contributed by atoms with van der Waals surface area (Å²) in [6.07, 6.45) is 4.52. The Balaban J connectivity index is 0.00000256. The lowest BCUT2D eigenvalue weighted by Crippen LogP contribution is -2.52. The fourth-order valence-electron chi connectivity index (χ4n) is 4.02. The monoisotopic (exact) mass is 540 g/mol. The van der Waals surface area contributed by atoms with Crippen molar-refractivity contribution in [1.82, 2.24) is 15.2 Å². The summed E-state index contributed by atoms with van der Waals surface area (Å²) in [5, 5.41) is 4.27. The number of benzene rings is 1. The highest BCUT2D eigenvalue weighted by Crippen LogP contribution is 2.21. The molecule has 162 valence electrons. The van der Waals surface area contributed by atoms with Gasteiger partial charge in [0.2, 0.25) is 0 Å². The van der Waals surface area contributed by atoms with Crippen LogP contribution in [0.5, 0.6) is 0 Å². The molecule has 8 heteroatoms. The lowest BCUT2D eigenvalue weighted by molar-refractivity contribution is 0.372. The summed E-state index contributed by atoms with van der Waals surface area (Å²) in [6, 6.07) is 12.4. The summed E-state index contributed by atoms with van der Waals surface area (Å²) in [5.41, 5.74) is 2.36. The van der Waals surface area contributed by atoms with Gasteiger partial charge in [0.15, 0.2) is 5.96 Å². The largest absolute Gasteiger partial charge is 0.368 e. The van der Waals surface area contributed by atoms with Crippen molar-refractivity contribution >= 4 is 53.0 Å². The fraction of sp³-hybridized carbons (Fsp3) is 0.455. The molecule has 0 saturated carbocycles. The lowest BCUT2D eigenvalue weighted by Gasteiger charge is -2.37. The molecule has 0 radical (unpaired) electrons. The van der Waals surface area contributed by atoms with Crippen LogP contribution in [-0.4, -0.2) is 62.2 Å². The highest BCUT2D eigenvalue weighted by Gasteiger charge is 2.20. The zero-order valence-corrected chi connectivity index (χ0v) is 20.5. The highest BCUT2D eigenvalue weighted by molar-refractivity contribution is 14.0. The Kier molecular flexibility index (Phi) is 8.44. The van der Waals surface area contributed by atoms with Gasteiger partial charge in [-0.2, -0.15) is 0 Å². The molecule has 0 bridgehead atoms. The molecule has 4 rings (SSSR count). The van der Waals surface area contributed by atoms with Gasteiger partial charge in [0, 0.05) is 69.8 Å². The molecule has 0 unspecified atom stereocenters. The molecule has 2 aromatic rings. The van der Waals surface area contributed by atoms with Crippen LogP contribution >= 0.6 is 35.6 Å². The summed E-state index contributed by atoms with van der Waals surface area (Å²) in [6.45, 7) is 6.74. The van der Waals surface area contributed by atoms with E-state index in [1.165, 1.54) is 24.1 Å². The molecule has 0 aliphatic carbocycles. The second-order valence-corrected chi connectivity index (χ2v) is 8.01. The van der Waals surface area contributed by atoms with Crippen molar-refractivity contribution in [3.63, 3.8) is 0 Å². The fourth-order valence-corrected chi connectivity index (χ4v) is 4.20. The van der Waals surface area contributed by atoms with Crippen LogP contribution in [0.2, 0.25) is 5.02 Å². The van der Waals surface area contributed by atoms with Gasteiger partial charge >= 0.3 is 0 Å². The number of hydrogen-bond acceptors (Lipinski definition) is 4. The van der Waals surface area contributed by atoms with Crippen LogP contribution in [0.15, 0.2) is 47.6 Å². The number of piperazine rings is 1. The van der Waals surface area contributed by atoms with Crippen LogP contribution in [0, 0.1) is 0 Å². The first-order chi connectivity index (χ1) is 14.2. The third-order valence-electron chi connectivity index (χ3n) is 5.65. The van der Waals surface area contributed by atoms with E-state index in [1.54, 1.807) is 0 Å². The van der Waals surface area contributed by atoms with Gasteiger partial charge in [-0.25, -0.2) is 4.98 Å². The Morgan fingerprint density at radius 2 is 1.80 bits per heavy atom. The maximum absolute atomic E-state index is 6.14. The van der Waals surface area contributed by atoms with E-state index in [9.17, 15) is 0 Å². The number of aliphatic imine (C=N–C) groups is 1. The summed E-state index contributed by atoms with van der Waals surface area (Å²) < 4.78 is 0. The smallest absolute Gasteiger partial charge is 0.194 e. The van der Waals surface area contributed by atoms with E-state index in [0.717, 1.165) is 62.6 Å². The van der Waals surface area contributed by atoms with Crippen LogP contribution in [0.4, 0.5) is 11.5 Å². The van der Waals surface area contributed by atoms with Crippen LogP contribution in [0.1, 0.15) is 18.4 Å². The van der Waals surface area contributed by atoms with Crippen LogP contribution in [0.25, 0.3) is 0 Å². The number of pyridine rings is 1. The van der Waals surface area contributed by atoms with Crippen LogP contribution < -0.4 is 15.1 Å². The predicted octanol–water partition coefficient (Wildman–Crippen LogP) is 3.85. The first-order valence-electron chi connectivity index (χ1n) is 10.4. The molecule has 2 aliphatic heterocycles. The van der Waals surface area contributed by atoms with E-state index in [1.807, 2.05) is 31.4 Å². The molecule has 1 N–H and O–H groups in total. The zero-order chi connectivity index (χ0) is 20.1. The number of hydrogen-bond donors (Lipinski definition) is 1. The molecule has 2 fully saturated rings. The number of nitrogens with one attached hydrogen (secondary N) is 1. The number of guanidine groups is 1. The van der Waals surface area contributed by atoms with Gasteiger partial charge in [-0.05, 0) is 42.7 Å². The minimum atomic E-state index is 0. The van der Waals surface area contributed by atoms with Gasteiger partial charge in [-0.3, -0.25) is 4.99 Å². The van der Waals surface area contributed by atoms with E-state index < -0.39 is 0 Å². The molecular formula is C22H30ClIN6. The molecule has 0 spiro atoms. The van der Waals surface area contributed by atoms with Crippen molar-refractivity contribution in [1.29, 1.82) is 0 Å². The molecule has 0 atom stereocenters. The molecular weight excluding hydrogens is 511 g/mol. The third-order valence-corrected chi connectivity index (χ3v) is 5.89. The molecule has 2 aliphatic rings. The number of nitrogens with zero attached hydrogens (tertiary/aromatic N) is 5. The van der Waals surface area contributed by atoms with Crippen molar-refractivity contribution < 1.29 is 0 Å². The SMILES string of the molecule is CN=C(NCc1ccc(N2CCCC2)nc1)N1CCN(c2cccc(Cl)c2)CC1.I. The second kappa shape index (κ2) is 11.0. The zero-order valence-electron chi connectivity index (χ0n) is 17.4. The summed E-state index contributed by atoms with van der Waals surface area (Å²) in [5.74, 6) is 2.03. The first-order valence-corrected chi connectivity index (χ1v) is 10.8. The van der Waals surface area contributed by atoms with E-state index in [-0.39, 0.29) is 24.0 Å². The molecule has 0 amide bonds. The second-order valence-electron chi connectivity index (χ2n) is 7.57. The minimum Gasteiger partial charge on any atom is -0.368 e. The van der Waals surface area contributed by atoms with Gasteiger partial charge < -0.3 is 20.0 Å². The third kappa shape index (κ3) is 5.69. The average Bonchev–Trinajstić information content (AvgIpc) is 3.30. The quantitative estimate of drug-likeness (QED) is 0.363. The van der Waals surface area contributed by atoms with Crippen molar-refractivity contribution in [2.24, 2.45) is 4.99 Å². The summed E-state index contributed by atoms with van der Waals surface area (Å²) in [4.78, 5) is 16.2. The van der Waals surface area contributed by atoms with E-state index in [4.69, 9.17) is 11.6 Å². The molecule has 1 aromatic heterocycles. The van der Waals surface area contributed by atoms with E-state index in [2.05, 4.69) is 48.2 Å². The number of anilines is 2. The van der Waals surface area contributed by atoms with Crippen molar-refractivity contribution in [3.05, 3.63) is 53.2 Å². The lowest BCUT2D eigenvalue weighted by atomic mass is 10.2. The number of halogens is 2. The molecule has 6 nitrogen and oxygen atoms in total. The van der Waals surface area contributed by atoms with Crippen LogP contribution in [0.3, 0.4) is 0 Å². The molecule has 1 aromatic carbocycles. The Bertz CT molecular complexity index is 830. The van der Waals surface area contributed by atoms with Gasteiger partial charge in [-0.1, -0.05) is 23.7 Å². The standard InChI is InChI=1S/C22H29ClN6.HI/c1-24-22(26-17-18-7-8-21(25-16-18)28-9-2-3-10-28)29-13-11-27(12-14-29)20-6-4-5-19(23)15-20;/h4-8,15-16H,2-3,9-14,17H2,1H3,(H,24,26);1H. The maximum Gasteiger partial charge on any atom is 0.194 e. The summed E-state index contributed by atoms with van der Waals surface area (Å²) >= 11 is 6.14. The molecule has 3 heterocycles. The number of aromatic nitrogens is 1. The Morgan fingerprint density at radius 1 is 1.03 bits per heavy atom. The highest BCUT2D eigenvalue weighted by atomic mass is 127. The molecule has 30 heavy (non-hydrogen) atoms. The Hall–Kier alpha value is -1.74. The van der Waals surface area contributed by atoms with Crippen molar-refractivity contribution in [3.8, 4) is 0 Å². The maximum atomic E-state index is 6.14. The van der Waals surface area contributed by atoms with Gasteiger partial charge in [0.1, 0.15) is 5.82 Å². The van der Waals surface area contributed by atoms with Gasteiger partial charge in [0.05, 0.1) is 0 Å². The topological polar surface area (TPSA) is 47.0 Å². The Labute approximate surface area is 201 Å². The minimum absolute atomic E-state index is 0. The van der Waals surface area contributed by atoms with Crippen molar-refractivity contribution in [2.45, 2.75) is 19.4 Å². The summed E-state index contributed by atoms with van der Waals surface area (Å²) in [7, 11) is 1.85. The van der Waals surface area contributed by atoms with Crippen LogP contribution in [-0.2, 0) is 6.54 Å². The predicted molar refractivity (Wildman–Crippen MR) is 137 cm³/mol. The normalized spacial score (nSPS) is 17.1.